The molecule has 1 aromatic rings. The number of nitrogens with one attached hydrogen (secondary N) is 1. The first-order chi connectivity index (χ1) is 8.66. The van der Waals surface area contributed by atoms with Crippen molar-refractivity contribution >= 4 is 5.71 Å². The largest absolute Gasteiger partial charge is 0.304 e. The van der Waals surface area contributed by atoms with Crippen molar-refractivity contribution in [2.45, 2.75) is 26.7 Å². The summed E-state index contributed by atoms with van der Waals surface area (Å²) < 4.78 is 0. The van der Waals surface area contributed by atoms with Crippen LogP contribution in [-0.2, 0) is 6.42 Å². The van der Waals surface area contributed by atoms with Crippen molar-refractivity contribution in [3.63, 3.8) is 0 Å². The van der Waals surface area contributed by atoms with Crippen molar-refractivity contribution in [1.29, 1.82) is 5.41 Å². The Morgan fingerprint density at radius 1 is 1.17 bits per heavy atom. The zero-order chi connectivity index (χ0) is 13.0. The molecule has 2 rings (SSSR count). The third kappa shape index (κ3) is 3.19. The van der Waals surface area contributed by atoms with E-state index in [1.165, 1.54) is 5.56 Å². The van der Waals surface area contributed by atoms with Crippen LogP contribution in [0.5, 0.6) is 0 Å². The van der Waals surface area contributed by atoms with Crippen molar-refractivity contribution in [3.05, 3.63) is 59.7 Å². The average molecular weight is 239 g/mol. The predicted octanol–water partition coefficient (Wildman–Crippen LogP) is 4.41. The van der Waals surface area contributed by atoms with Gasteiger partial charge in [0.05, 0.1) is 0 Å². The van der Waals surface area contributed by atoms with Gasteiger partial charge in [0.15, 0.2) is 0 Å². The quantitative estimate of drug-likeness (QED) is 0.805. The molecule has 94 valence electrons. The normalized spacial score (nSPS) is 19.2. The van der Waals surface area contributed by atoms with E-state index in [0.29, 0.717) is 11.8 Å². The molecule has 1 aliphatic rings. The van der Waals surface area contributed by atoms with E-state index in [0.717, 1.165) is 24.1 Å². The zero-order valence-corrected chi connectivity index (χ0v) is 11.2. The standard InChI is InChI=1S/C17H21N/c1-13(2)11-15-9-6-10-16(17(15)18)12-14-7-4-3-5-8-14/h3-10,13,15,18H,11-12H2,1-2H3. The Bertz CT molecular complexity index is 466. The van der Waals surface area contributed by atoms with Crippen LogP contribution in [-0.4, -0.2) is 5.71 Å². The molecule has 18 heavy (non-hydrogen) atoms. The van der Waals surface area contributed by atoms with Crippen molar-refractivity contribution < 1.29 is 0 Å². The van der Waals surface area contributed by atoms with Crippen molar-refractivity contribution in [3.8, 4) is 0 Å². The molecule has 1 N–H and O–H groups in total. The lowest BCUT2D eigenvalue weighted by molar-refractivity contribution is 0.546. The van der Waals surface area contributed by atoms with Gasteiger partial charge in [0, 0.05) is 11.6 Å². The summed E-state index contributed by atoms with van der Waals surface area (Å²) >= 11 is 0. The first-order valence-corrected chi connectivity index (χ1v) is 6.67. The molecule has 1 atom stereocenters. The highest BCUT2D eigenvalue weighted by atomic mass is 14.5. The smallest absolute Gasteiger partial charge is 0.0418 e. The highest BCUT2D eigenvalue weighted by Crippen LogP contribution is 2.24. The van der Waals surface area contributed by atoms with Crippen LogP contribution in [0.15, 0.2) is 54.1 Å². The zero-order valence-electron chi connectivity index (χ0n) is 11.2. The van der Waals surface area contributed by atoms with Crippen LogP contribution < -0.4 is 0 Å². The molecule has 1 heteroatoms. The number of rotatable bonds is 4. The molecule has 0 bridgehead atoms. The number of hydrogen-bond acceptors (Lipinski definition) is 1. The van der Waals surface area contributed by atoms with Crippen LogP contribution in [0, 0.1) is 17.2 Å². The summed E-state index contributed by atoms with van der Waals surface area (Å²) in [6, 6.07) is 10.4. The van der Waals surface area contributed by atoms with E-state index < -0.39 is 0 Å². The first-order valence-electron chi connectivity index (χ1n) is 6.67. The summed E-state index contributed by atoms with van der Waals surface area (Å²) in [6.45, 7) is 4.44. The second kappa shape index (κ2) is 5.81. The van der Waals surface area contributed by atoms with Crippen LogP contribution in [0.4, 0.5) is 0 Å². The maximum atomic E-state index is 8.33. The molecule has 0 aliphatic heterocycles. The van der Waals surface area contributed by atoms with Crippen molar-refractivity contribution in [2.24, 2.45) is 11.8 Å². The Balaban J connectivity index is 2.08. The highest BCUT2D eigenvalue weighted by Gasteiger charge is 2.19. The molecular formula is C17H21N. The Morgan fingerprint density at radius 2 is 1.89 bits per heavy atom. The van der Waals surface area contributed by atoms with E-state index in [1.807, 2.05) is 6.07 Å². The Hall–Kier alpha value is -1.63. The first kappa shape index (κ1) is 12.8. The van der Waals surface area contributed by atoms with Crippen molar-refractivity contribution in [1.82, 2.24) is 0 Å². The summed E-state index contributed by atoms with van der Waals surface area (Å²) in [4.78, 5) is 0. The molecule has 0 amide bonds. The third-order valence-corrected chi connectivity index (χ3v) is 3.32. The average Bonchev–Trinajstić information content (AvgIpc) is 2.35. The summed E-state index contributed by atoms with van der Waals surface area (Å²) in [6.07, 6.45) is 8.31. The maximum absolute atomic E-state index is 8.33. The van der Waals surface area contributed by atoms with E-state index in [1.54, 1.807) is 0 Å². The highest BCUT2D eigenvalue weighted by molar-refractivity contribution is 6.02. The number of hydrogen-bond donors (Lipinski definition) is 1. The van der Waals surface area contributed by atoms with Gasteiger partial charge in [0.1, 0.15) is 0 Å². The van der Waals surface area contributed by atoms with Gasteiger partial charge >= 0.3 is 0 Å². The van der Waals surface area contributed by atoms with Crippen LogP contribution in [0.3, 0.4) is 0 Å². The number of allylic oxidation sites excluding steroid dienone is 4. The van der Waals surface area contributed by atoms with Gasteiger partial charge in [-0.25, -0.2) is 0 Å². The second-order valence-electron chi connectivity index (χ2n) is 5.39. The molecule has 0 saturated carbocycles. The SMILES string of the molecule is CC(C)CC1C=CC=C(Cc2ccccc2)C1=N. The fourth-order valence-electron chi connectivity index (χ4n) is 2.40. The van der Waals surface area contributed by atoms with E-state index >= 15 is 0 Å². The molecule has 0 saturated heterocycles. The fourth-order valence-corrected chi connectivity index (χ4v) is 2.40. The van der Waals surface area contributed by atoms with Gasteiger partial charge in [0.25, 0.3) is 0 Å². The van der Waals surface area contributed by atoms with Gasteiger partial charge in [0.2, 0.25) is 0 Å². The Morgan fingerprint density at radius 3 is 2.56 bits per heavy atom. The predicted molar refractivity (Wildman–Crippen MR) is 78.0 cm³/mol. The summed E-state index contributed by atoms with van der Waals surface area (Å²) in [5, 5.41) is 8.33. The molecule has 1 unspecified atom stereocenters. The van der Waals surface area contributed by atoms with Crippen LogP contribution in [0.2, 0.25) is 0 Å². The van der Waals surface area contributed by atoms with E-state index in [-0.39, 0.29) is 0 Å². The minimum absolute atomic E-state index is 0.300. The van der Waals surface area contributed by atoms with E-state index in [9.17, 15) is 0 Å². The van der Waals surface area contributed by atoms with Crippen LogP contribution in [0.1, 0.15) is 25.8 Å². The summed E-state index contributed by atoms with van der Waals surface area (Å²) in [5.41, 5.74) is 3.25. The molecule has 0 aromatic heterocycles. The van der Waals surface area contributed by atoms with Gasteiger partial charge in [-0.2, -0.15) is 0 Å². The topological polar surface area (TPSA) is 23.9 Å². The molecule has 1 aliphatic carbocycles. The lowest BCUT2D eigenvalue weighted by Crippen LogP contribution is -2.19. The molecule has 1 nitrogen and oxygen atoms in total. The Labute approximate surface area is 110 Å². The Kier molecular flexibility index (Phi) is 4.14. The molecule has 0 fully saturated rings. The minimum Gasteiger partial charge on any atom is -0.304 e. The lowest BCUT2D eigenvalue weighted by Gasteiger charge is -2.21. The van der Waals surface area contributed by atoms with Crippen LogP contribution in [0.25, 0.3) is 0 Å². The molecule has 0 radical (unpaired) electrons. The van der Waals surface area contributed by atoms with Crippen LogP contribution >= 0.6 is 0 Å². The summed E-state index contributed by atoms with van der Waals surface area (Å²) in [7, 11) is 0. The summed E-state index contributed by atoms with van der Waals surface area (Å²) in [5.74, 6) is 0.935. The molecular weight excluding hydrogens is 218 g/mol. The van der Waals surface area contributed by atoms with Gasteiger partial charge < -0.3 is 5.41 Å². The van der Waals surface area contributed by atoms with Crippen molar-refractivity contribution in [2.75, 3.05) is 0 Å². The minimum atomic E-state index is 0.300. The van der Waals surface area contributed by atoms with Gasteiger partial charge in [-0.3, -0.25) is 0 Å². The maximum Gasteiger partial charge on any atom is 0.0418 e. The van der Waals surface area contributed by atoms with E-state index in [4.69, 9.17) is 5.41 Å². The fraction of sp³-hybridized carbons (Fsp3) is 0.353. The molecule has 1 aromatic carbocycles. The van der Waals surface area contributed by atoms with E-state index in [2.05, 4.69) is 56.3 Å². The van der Waals surface area contributed by atoms with Gasteiger partial charge in [-0.05, 0) is 29.9 Å². The third-order valence-electron chi connectivity index (χ3n) is 3.32. The molecule has 0 heterocycles. The van der Waals surface area contributed by atoms with Gasteiger partial charge in [-0.15, -0.1) is 0 Å². The number of benzene rings is 1. The lowest BCUT2D eigenvalue weighted by atomic mass is 9.84. The monoisotopic (exact) mass is 239 g/mol. The van der Waals surface area contributed by atoms with Gasteiger partial charge in [-0.1, -0.05) is 62.4 Å². The molecule has 0 spiro atoms. The second-order valence-corrected chi connectivity index (χ2v) is 5.39.